The van der Waals surface area contributed by atoms with Gasteiger partial charge in [-0.1, -0.05) is 35.9 Å². The van der Waals surface area contributed by atoms with Crippen molar-refractivity contribution < 1.29 is 36.2 Å². The monoisotopic (exact) mass is 567 g/mol. The van der Waals surface area contributed by atoms with Gasteiger partial charge in [-0.25, -0.2) is 8.42 Å². The summed E-state index contributed by atoms with van der Waals surface area (Å²) in [4.78, 5) is 11.2. The van der Waals surface area contributed by atoms with Crippen molar-refractivity contribution in [1.82, 2.24) is 0 Å². The van der Waals surface area contributed by atoms with Crippen molar-refractivity contribution >= 4 is 33.3 Å². The van der Waals surface area contributed by atoms with Gasteiger partial charge in [0.2, 0.25) is 0 Å². The number of anilines is 1. The number of alkyl halides is 3. The van der Waals surface area contributed by atoms with Crippen LogP contribution in [0, 0.1) is 12.3 Å². The fourth-order valence-electron chi connectivity index (χ4n) is 4.35. The average molecular weight is 568 g/mol. The maximum Gasteiger partial charge on any atom is 0.416 e. The van der Waals surface area contributed by atoms with E-state index < -0.39 is 44.1 Å². The molecule has 38 heavy (non-hydrogen) atoms. The largest absolute Gasteiger partial charge is 0.486 e. The van der Waals surface area contributed by atoms with Gasteiger partial charge in [-0.2, -0.15) is 13.2 Å². The van der Waals surface area contributed by atoms with Gasteiger partial charge in [0.1, 0.15) is 11.9 Å². The van der Waals surface area contributed by atoms with E-state index in [0.29, 0.717) is 16.7 Å². The summed E-state index contributed by atoms with van der Waals surface area (Å²) in [7, 11) is -4.50. The summed E-state index contributed by atoms with van der Waals surface area (Å²) in [6.45, 7) is 4.50. The molecular weight excluding hydrogens is 543 g/mol. The molecule has 0 fully saturated rings. The van der Waals surface area contributed by atoms with Crippen LogP contribution in [-0.4, -0.2) is 32.1 Å². The molecule has 4 rings (SSSR count). The number of carboxylic acids is 1. The molecule has 0 aromatic heterocycles. The van der Waals surface area contributed by atoms with Gasteiger partial charge in [0.15, 0.2) is 0 Å². The molecule has 0 saturated heterocycles. The molecule has 0 unspecified atom stereocenters. The summed E-state index contributed by atoms with van der Waals surface area (Å²) in [5.74, 6) is -0.924. The maximum absolute atomic E-state index is 13.8. The zero-order chi connectivity index (χ0) is 28.0. The van der Waals surface area contributed by atoms with Gasteiger partial charge in [-0.05, 0) is 73.9 Å². The molecule has 0 spiro atoms. The Hall–Kier alpha value is -3.24. The third-order valence-corrected chi connectivity index (χ3v) is 8.72. The molecule has 6 nitrogen and oxygen atoms in total. The lowest BCUT2D eigenvalue weighted by Crippen LogP contribution is -2.46. The number of hydrogen-bond acceptors (Lipinski definition) is 4. The summed E-state index contributed by atoms with van der Waals surface area (Å²) in [5, 5.41) is 10.1. The van der Waals surface area contributed by atoms with Crippen LogP contribution in [0.4, 0.5) is 18.9 Å². The summed E-state index contributed by atoms with van der Waals surface area (Å²) < 4.78 is 74.8. The molecule has 0 saturated carbocycles. The Morgan fingerprint density at radius 2 is 1.79 bits per heavy atom. The minimum Gasteiger partial charge on any atom is -0.486 e. The molecule has 0 aliphatic carbocycles. The highest BCUT2D eigenvalue weighted by Gasteiger charge is 2.40. The van der Waals surface area contributed by atoms with Crippen molar-refractivity contribution in [2.75, 3.05) is 10.8 Å². The maximum atomic E-state index is 13.8. The molecule has 1 heterocycles. The first-order chi connectivity index (χ1) is 17.6. The van der Waals surface area contributed by atoms with Crippen LogP contribution in [0.1, 0.15) is 31.4 Å². The first-order valence-corrected chi connectivity index (χ1v) is 13.4. The lowest BCUT2D eigenvalue weighted by Gasteiger charge is -2.38. The van der Waals surface area contributed by atoms with Crippen LogP contribution in [0.15, 0.2) is 65.6 Å². The van der Waals surface area contributed by atoms with Crippen molar-refractivity contribution in [3.8, 4) is 16.9 Å². The number of carboxylic acid groups (broad SMARTS) is 1. The van der Waals surface area contributed by atoms with Crippen molar-refractivity contribution in [3.63, 3.8) is 0 Å². The van der Waals surface area contributed by atoms with Crippen molar-refractivity contribution in [2.45, 2.75) is 44.4 Å². The fourth-order valence-corrected chi connectivity index (χ4v) is 6.07. The Labute approximate surface area is 223 Å². The zero-order valence-corrected chi connectivity index (χ0v) is 22.3. The number of aliphatic carboxylic acids is 1. The van der Waals surface area contributed by atoms with Gasteiger partial charge >= 0.3 is 12.1 Å². The third-order valence-electron chi connectivity index (χ3n) is 6.54. The van der Waals surface area contributed by atoms with Gasteiger partial charge in [0.25, 0.3) is 10.0 Å². The number of hydrogen-bond donors (Lipinski definition) is 1. The highest BCUT2D eigenvalue weighted by Crippen LogP contribution is 2.43. The van der Waals surface area contributed by atoms with Crippen LogP contribution in [0.3, 0.4) is 0 Å². The molecule has 1 aliphatic heterocycles. The predicted molar refractivity (Wildman–Crippen MR) is 138 cm³/mol. The first kappa shape index (κ1) is 27.8. The molecule has 202 valence electrons. The standard InChI is InChI=1S/C27H25ClF3NO5S/c1-16-21(8-5-9-22(16)28)17-10-11-24-23(12-17)32(15-19(37-24)14-26(2,3)25(33)34)38(35,36)20-7-4-6-18(13-20)27(29,30)31/h4-13,19H,14-15H2,1-3H3,(H,33,34)/t19-/m0/s1. The minimum atomic E-state index is -4.74. The highest BCUT2D eigenvalue weighted by atomic mass is 35.5. The van der Waals surface area contributed by atoms with E-state index in [1.807, 2.05) is 13.0 Å². The number of nitrogens with zero attached hydrogens (tertiary/aromatic N) is 1. The lowest BCUT2D eigenvalue weighted by atomic mass is 9.86. The van der Waals surface area contributed by atoms with Crippen LogP contribution < -0.4 is 9.04 Å². The number of benzene rings is 3. The van der Waals surface area contributed by atoms with Gasteiger partial charge in [-0.3, -0.25) is 9.10 Å². The molecule has 1 aliphatic rings. The summed E-state index contributed by atoms with van der Waals surface area (Å²) in [6, 6.07) is 13.7. The molecule has 3 aromatic rings. The van der Waals surface area contributed by atoms with Crippen LogP contribution >= 0.6 is 11.6 Å². The Morgan fingerprint density at radius 1 is 1.11 bits per heavy atom. The fraction of sp³-hybridized carbons (Fsp3) is 0.296. The quantitative estimate of drug-likeness (QED) is 0.354. The third kappa shape index (κ3) is 5.33. The predicted octanol–water partition coefficient (Wildman–Crippen LogP) is 6.79. The second-order valence-corrected chi connectivity index (χ2v) is 12.1. The lowest BCUT2D eigenvalue weighted by molar-refractivity contribution is -0.148. The topological polar surface area (TPSA) is 83.9 Å². The van der Waals surface area contributed by atoms with Gasteiger partial charge in [0, 0.05) is 11.4 Å². The molecule has 0 bridgehead atoms. The molecule has 3 aromatic carbocycles. The number of fused-ring (bicyclic) bond motifs is 1. The number of ether oxygens (including phenoxy) is 1. The Balaban J connectivity index is 1.86. The summed E-state index contributed by atoms with van der Waals surface area (Å²) >= 11 is 6.28. The summed E-state index contributed by atoms with van der Waals surface area (Å²) in [5.41, 5.74) is -0.0837. The van der Waals surface area contributed by atoms with E-state index in [1.54, 1.807) is 30.3 Å². The van der Waals surface area contributed by atoms with Crippen LogP contribution in [0.25, 0.3) is 11.1 Å². The van der Waals surface area contributed by atoms with E-state index >= 15 is 0 Å². The average Bonchev–Trinajstić information content (AvgIpc) is 2.84. The van der Waals surface area contributed by atoms with E-state index in [0.717, 1.165) is 33.6 Å². The number of carbonyl (C=O) groups is 1. The van der Waals surface area contributed by atoms with E-state index in [-0.39, 0.29) is 24.4 Å². The second kappa shape index (κ2) is 9.81. The SMILES string of the molecule is Cc1c(Cl)cccc1-c1ccc2c(c1)N(S(=O)(=O)c1cccc(C(F)(F)F)c1)C[C@H](CC(C)(C)C(=O)O)O2. The van der Waals surface area contributed by atoms with Crippen molar-refractivity contribution in [3.05, 3.63) is 76.8 Å². The van der Waals surface area contributed by atoms with Gasteiger partial charge < -0.3 is 9.84 Å². The Morgan fingerprint density at radius 3 is 2.45 bits per heavy atom. The van der Waals surface area contributed by atoms with Crippen LogP contribution in [0.5, 0.6) is 5.75 Å². The van der Waals surface area contributed by atoms with Gasteiger partial charge in [-0.15, -0.1) is 0 Å². The molecule has 1 atom stereocenters. The molecule has 11 heteroatoms. The summed E-state index contributed by atoms with van der Waals surface area (Å²) in [6.07, 6.45) is -5.64. The highest BCUT2D eigenvalue weighted by molar-refractivity contribution is 7.92. The van der Waals surface area contributed by atoms with Crippen LogP contribution in [0.2, 0.25) is 5.02 Å². The van der Waals surface area contributed by atoms with E-state index in [9.17, 15) is 31.5 Å². The number of halogens is 4. The van der Waals surface area contributed by atoms with E-state index in [4.69, 9.17) is 16.3 Å². The normalized spacial score (nSPS) is 16.1. The van der Waals surface area contributed by atoms with Crippen molar-refractivity contribution in [1.29, 1.82) is 0 Å². The minimum absolute atomic E-state index is 0.0362. The molecular formula is C27H25ClF3NO5S. The Kier molecular flexibility index (Phi) is 7.18. The van der Waals surface area contributed by atoms with Crippen LogP contribution in [-0.2, 0) is 21.0 Å². The number of sulfonamides is 1. The number of rotatable bonds is 6. The molecule has 1 N–H and O–H groups in total. The van der Waals surface area contributed by atoms with E-state index in [1.165, 1.54) is 13.8 Å². The zero-order valence-electron chi connectivity index (χ0n) is 20.7. The van der Waals surface area contributed by atoms with Crippen molar-refractivity contribution in [2.24, 2.45) is 5.41 Å². The molecule has 0 amide bonds. The molecule has 0 radical (unpaired) electrons. The first-order valence-electron chi connectivity index (χ1n) is 11.6. The smallest absolute Gasteiger partial charge is 0.416 e. The van der Waals surface area contributed by atoms with Gasteiger partial charge in [0.05, 0.1) is 28.1 Å². The second-order valence-electron chi connectivity index (χ2n) is 9.79. The Bertz CT molecular complexity index is 1500. The van der Waals surface area contributed by atoms with E-state index in [2.05, 4.69) is 0 Å².